The van der Waals surface area contributed by atoms with E-state index in [1.807, 2.05) is 0 Å². The van der Waals surface area contributed by atoms with Crippen molar-refractivity contribution in [3.8, 4) is 0 Å². The average Bonchev–Trinajstić information content (AvgIpc) is 1.82. The standard InChI is InChI=1S/C6H9NO2/c1-3-4-5(7-2)6(8)9/h3-4,7H,1H2,2H3,(H,8,9)/b5-4+. The van der Waals surface area contributed by atoms with Gasteiger partial charge in [0.25, 0.3) is 0 Å². The van der Waals surface area contributed by atoms with Gasteiger partial charge in [-0.25, -0.2) is 4.79 Å². The van der Waals surface area contributed by atoms with Gasteiger partial charge in [0, 0.05) is 7.05 Å². The van der Waals surface area contributed by atoms with E-state index in [1.165, 1.54) is 12.2 Å². The summed E-state index contributed by atoms with van der Waals surface area (Å²) >= 11 is 0. The number of likely N-dealkylation sites (N-methyl/N-ethyl adjacent to an activating group) is 1. The van der Waals surface area contributed by atoms with Crippen LogP contribution in [-0.2, 0) is 4.79 Å². The van der Waals surface area contributed by atoms with Crippen molar-refractivity contribution in [3.05, 3.63) is 24.4 Å². The van der Waals surface area contributed by atoms with Crippen LogP contribution in [0.4, 0.5) is 0 Å². The van der Waals surface area contributed by atoms with E-state index in [0.717, 1.165) is 0 Å². The highest BCUT2D eigenvalue weighted by atomic mass is 16.4. The minimum absolute atomic E-state index is 0.144. The van der Waals surface area contributed by atoms with Gasteiger partial charge in [-0.05, 0) is 6.08 Å². The molecule has 0 aromatic carbocycles. The molecule has 2 N–H and O–H groups in total. The maximum atomic E-state index is 10.1. The Labute approximate surface area is 53.7 Å². The first kappa shape index (κ1) is 7.75. The maximum absolute atomic E-state index is 10.1. The molecule has 0 bridgehead atoms. The molecule has 0 aliphatic heterocycles. The summed E-state index contributed by atoms with van der Waals surface area (Å²) in [6, 6.07) is 0. The van der Waals surface area contributed by atoms with Gasteiger partial charge in [-0.15, -0.1) is 0 Å². The fraction of sp³-hybridized carbons (Fsp3) is 0.167. The third kappa shape index (κ3) is 2.54. The number of hydrogen-bond acceptors (Lipinski definition) is 2. The number of nitrogens with one attached hydrogen (secondary N) is 1. The summed E-state index contributed by atoms with van der Waals surface area (Å²) in [7, 11) is 1.55. The lowest BCUT2D eigenvalue weighted by Gasteiger charge is -1.95. The zero-order valence-corrected chi connectivity index (χ0v) is 5.22. The maximum Gasteiger partial charge on any atom is 0.351 e. The van der Waals surface area contributed by atoms with Crippen LogP contribution in [-0.4, -0.2) is 18.1 Å². The van der Waals surface area contributed by atoms with Gasteiger partial charge in [-0.2, -0.15) is 0 Å². The lowest BCUT2D eigenvalue weighted by Crippen LogP contribution is -2.14. The fourth-order valence-corrected chi connectivity index (χ4v) is 0.379. The van der Waals surface area contributed by atoms with E-state index < -0.39 is 5.97 Å². The summed E-state index contributed by atoms with van der Waals surface area (Å²) in [5.74, 6) is -0.975. The second-order valence-electron chi connectivity index (χ2n) is 1.37. The smallest absolute Gasteiger partial charge is 0.351 e. The Hall–Kier alpha value is -1.25. The largest absolute Gasteiger partial charge is 0.477 e. The third-order valence-corrected chi connectivity index (χ3v) is 0.784. The van der Waals surface area contributed by atoms with E-state index in [9.17, 15) is 4.79 Å². The predicted octanol–water partition coefficient (Wildman–Crippen LogP) is 0.360. The van der Waals surface area contributed by atoms with Crippen LogP contribution >= 0.6 is 0 Å². The van der Waals surface area contributed by atoms with E-state index in [2.05, 4.69) is 11.9 Å². The summed E-state index contributed by atoms with van der Waals surface area (Å²) in [5.41, 5.74) is 0.144. The summed E-state index contributed by atoms with van der Waals surface area (Å²) in [6.07, 6.45) is 2.81. The van der Waals surface area contributed by atoms with Gasteiger partial charge < -0.3 is 10.4 Å². The van der Waals surface area contributed by atoms with Crippen molar-refractivity contribution in [1.82, 2.24) is 5.32 Å². The van der Waals surface area contributed by atoms with Gasteiger partial charge >= 0.3 is 5.97 Å². The van der Waals surface area contributed by atoms with E-state index in [-0.39, 0.29) is 5.70 Å². The Balaban J connectivity index is 4.14. The monoisotopic (exact) mass is 127 g/mol. The Morgan fingerprint density at radius 3 is 2.44 bits per heavy atom. The molecule has 0 aliphatic rings. The van der Waals surface area contributed by atoms with Crippen LogP contribution in [0.2, 0.25) is 0 Å². The van der Waals surface area contributed by atoms with E-state index in [4.69, 9.17) is 5.11 Å². The highest BCUT2D eigenvalue weighted by Crippen LogP contribution is 1.86. The molecule has 0 rings (SSSR count). The molecule has 3 heteroatoms. The van der Waals surface area contributed by atoms with Crippen molar-refractivity contribution in [2.45, 2.75) is 0 Å². The van der Waals surface area contributed by atoms with Crippen LogP contribution in [0.15, 0.2) is 24.4 Å². The van der Waals surface area contributed by atoms with Crippen LogP contribution in [0.25, 0.3) is 0 Å². The first-order valence-corrected chi connectivity index (χ1v) is 2.46. The summed E-state index contributed by atoms with van der Waals surface area (Å²) in [6.45, 7) is 3.35. The van der Waals surface area contributed by atoms with Crippen molar-refractivity contribution in [2.75, 3.05) is 7.05 Å². The van der Waals surface area contributed by atoms with Crippen molar-refractivity contribution in [1.29, 1.82) is 0 Å². The van der Waals surface area contributed by atoms with Gasteiger partial charge in [0.05, 0.1) is 0 Å². The lowest BCUT2D eigenvalue weighted by atomic mass is 10.4. The number of carboxylic acids is 1. The highest BCUT2D eigenvalue weighted by molar-refractivity contribution is 5.86. The second kappa shape index (κ2) is 3.72. The first-order valence-electron chi connectivity index (χ1n) is 2.46. The van der Waals surface area contributed by atoms with Crippen LogP contribution in [0.3, 0.4) is 0 Å². The molecule has 3 nitrogen and oxygen atoms in total. The Kier molecular flexibility index (Phi) is 3.20. The highest BCUT2D eigenvalue weighted by Gasteiger charge is 1.99. The molecule has 0 fully saturated rings. The molecule has 0 atom stereocenters. The Morgan fingerprint density at radius 2 is 2.33 bits per heavy atom. The number of aliphatic carboxylic acids is 1. The Morgan fingerprint density at radius 1 is 1.78 bits per heavy atom. The molecule has 0 saturated carbocycles. The molecule has 0 aromatic rings. The predicted molar refractivity (Wildman–Crippen MR) is 35.0 cm³/mol. The van der Waals surface area contributed by atoms with Crippen molar-refractivity contribution >= 4 is 5.97 Å². The first-order chi connectivity index (χ1) is 4.22. The van der Waals surface area contributed by atoms with Crippen LogP contribution < -0.4 is 5.32 Å². The molecule has 0 amide bonds. The SMILES string of the molecule is C=C/C=C(/NC)C(=O)O. The average molecular weight is 127 g/mol. The molecule has 0 aromatic heterocycles. The molecule has 0 heterocycles. The molecule has 50 valence electrons. The number of allylic oxidation sites excluding steroid dienone is 2. The quantitative estimate of drug-likeness (QED) is 0.425. The van der Waals surface area contributed by atoms with Crippen molar-refractivity contribution < 1.29 is 9.90 Å². The molecule has 0 aliphatic carbocycles. The molecule has 0 radical (unpaired) electrons. The number of hydrogen-bond donors (Lipinski definition) is 2. The topological polar surface area (TPSA) is 49.3 Å². The zero-order valence-electron chi connectivity index (χ0n) is 5.22. The molecular weight excluding hydrogens is 118 g/mol. The molecule has 9 heavy (non-hydrogen) atoms. The lowest BCUT2D eigenvalue weighted by molar-refractivity contribution is -0.133. The van der Waals surface area contributed by atoms with Gasteiger partial charge in [0.15, 0.2) is 0 Å². The second-order valence-corrected chi connectivity index (χ2v) is 1.37. The summed E-state index contributed by atoms with van der Waals surface area (Å²) in [5, 5.41) is 10.8. The summed E-state index contributed by atoms with van der Waals surface area (Å²) in [4.78, 5) is 10.1. The van der Waals surface area contributed by atoms with Crippen LogP contribution in [0, 0.1) is 0 Å². The van der Waals surface area contributed by atoms with E-state index in [1.54, 1.807) is 7.05 Å². The fourth-order valence-electron chi connectivity index (χ4n) is 0.379. The number of rotatable bonds is 3. The molecular formula is C6H9NO2. The number of carboxylic acid groups (broad SMARTS) is 1. The summed E-state index contributed by atoms with van der Waals surface area (Å²) < 4.78 is 0. The van der Waals surface area contributed by atoms with Crippen molar-refractivity contribution in [2.24, 2.45) is 0 Å². The van der Waals surface area contributed by atoms with Gasteiger partial charge in [0.1, 0.15) is 5.70 Å². The van der Waals surface area contributed by atoms with E-state index >= 15 is 0 Å². The van der Waals surface area contributed by atoms with Crippen molar-refractivity contribution in [3.63, 3.8) is 0 Å². The minimum atomic E-state index is -0.975. The van der Waals surface area contributed by atoms with Gasteiger partial charge in [-0.3, -0.25) is 0 Å². The molecule has 0 saturated heterocycles. The van der Waals surface area contributed by atoms with Crippen LogP contribution in [0.1, 0.15) is 0 Å². The minimum Gasteiger partial charge on any atom is -0.477 e. The van der Waals surface area contributed by atoms with Gasteiger partial charge in [-0.1, -0.05) is 12.7 Å². The Bertz CT molecular complexity index is 149. The van der Waals surface area contributed by atoms with Gasteiger partial charge in [0.2, 0.25) is 0 Å². The normalized spacial score (nSPS) is 10.6. The zero-order chi connectivity index (χ0) is 7.28. The molecule has 0 spiro atoms. The van der Waals surface area contributed by atoms with Crippen LogP contribution in [0.5, 0.6) is 0 Å². The van der Waals surface area contributed by atoms with E-state index in [0.29, 0.717) is 0 Å². The molecule has 0 unspecified atom stereocenters. The number of carbonyl (C=O) groups is 1. The third-order valence-electron chi connectivity index (χ3n) is 0.784.